The smallest absolute Gasteiger partial charge is 0.191 e. The van der Waals surface area contributed by atoms with E-state index in [0.717, 1.165) is 24.5 Å². The molecule has 0 aliphatic carbocycles. The molecule has 0 amide bonds. The summed E-state index contributed by atoms with van der Waals surface area (Å²) in [5.41, 5.74) is 1.35. The summed E-state index contributed by atoms with van der Waals surface area (Å²) in [4.78, 5) is 8.03. The van der Waals surface area contributed by atoms with Crippen LogP contribution in [0.4, 0.5) is 4.39 Å². The Morgan fingerprint density at radius 2 is 2.18 bits per heavy atom. The summed E-state index contributed by atoms with van der Waals surface area (Å²) in [6.07, 6.45) is 5.94. The van der Waals surface area contributed by atoms with Crippen molar-refractivity contribution in [3.8, 4) is 5.69 Å². The first-order valence-corrected chi connectivity index (χ1v) is 6.96. The van der Waals surface area contributed by atoms with Crippen LogP contribution in [-0.2, 0) is 6.54 Å². The number of halogens is 2. The lowest BCUT2D eigenvalue weighted by Crippen LogP contribution is -2.37. The minimum atomic E-state index is -0.274. The second kappa shape index (κ2) is 9.39. The Bertz CT molecular complexity index is 598. The summed E-state index contributed by atoms with van der Waals surface area (Å²) in [6, 6.07) is 5.16. The number of rotatable bonds is 5. The highest BCUT2D eigenvalue weighted by molar-refractivity contribution is 14.0. The summed E-state index contributed by atoms with van der Waals surface area (Å²) in [5, 5.41) is 6.33. The molecule has 0 bridgehead atoms. The third-order valence-corrected chi connectivity index (χ3v) is 3.02. The van der Waals surface area contributed by atoms with E-state index in [1.165, 1.54) is 6.07 Å². The van der Waals surface area contributed by atoms with Crippen LogP contribution in [-0.4, -0.2) is 29.1 Å². The van der Waals surface area contributed by atoms with E-state index in [4.69, 9.17) is 0 Å². The quantitative estimate of drug-likeness (QED) is 0.447. The topological polar surface area (TPSA) is 54.2 Å². The first-order chi connectivity index (χ1) is 10.2. The molecule has 0 aliphatic rings. The molecule has 0 radical (unpaired) electrons. The van der Waals surface area contributed by atoms with Crippen molar-refractivity contribution in [1.29, 1.82) is 0 Å². The minimum absolute atomic E-state index is 0. The van der Waals surface area contributed by atoms with Gasteiger partial charge in [-0.25, -0.2) is 9.37 Å². The molecule has 0 saturated heterocycles. The zero-order chi connectivity index (χ0) is 15.1. The highest BCUT2D eigenvalue weighted by Crippen LogP contribution is 2.14. The fourth-order valence-corrected chi connectivity index (χ4v) is 1.92. The lowest BCUT2D eigenvalue weighted by atomic mass is 10.2. The summed E-state index contributed by atoms with van der Waals surface area (Å²) in [5.74, 6) is 0.444. The van der Waals surface area contributed by atoms with Crippen molar-refractivity contribution in [3.63, 3.8) is 0 Å². The molecule has 22 heavy (non-hydrogen) atoms. The van der Waals surface area contributed by atoms with E-state index in [0.29, 0.717) is 12.2 Å². The van der Waals surface area contributed by atoms with Gasteiger partial charge in [-0.15, -0.1) is 24.0 Å². The van der Waals surface area contributed by atoms with Crippen LogP contribution in [0, 0.1) is 5.82 Å². The number of hydrogen-bond acceptors (Lipinski definition) is 2. The molecule has 2 N–H and O–H groups in total. The molecule has 0 atom stereocenters. The molecule has 1 heterocycles. The Morgan fingerprint density at radius 3 is 2.77 bits per heavy atom. The predicted octanol–water partition coefficient (Wildman–Crippen LogP) is 2.70. The van der Waals surface area contributed by atoms with Crippen LogP contribution in [0.2, 0.25) is 0 Å². The van der Waals surface area contributed by atoms with Gasteiger partial charge in [0.15, 0.2) is 5.96 Å². The van der Waals surface area contributed by atoms with Crippen LogP contribution in [0.15, 0.2) is 41.9 Å². The van der Waals surface area contributed by atoms with Gasteiger partial charge in [-0.05, 0) is 24.1 Å². The molecular weight excluding hydrogens is 396 g/mol. The zero-order valence-electron chi connectivity index (χ0n) is 12.7. The molecule has 1 aromatic heterocycles. The van der Waals surface area contributed by atoms with Gasteiger partial charge >= 0.3 is 0 Å². The standard InChI is InChI=1S/C15H20FN5.HI/c1-3-6-19-15(17-2)20-10-12-4-5-14(13(16)9-12)21-8-7-18-11-21;/h4-5,7-9,11H,3,6,10H2,1-2H3,(H2,17,19,20);1H. The minimum Gasteiger partial charge on any atom is -0.356 e. The Labute approximate surface area is 147 Å². The summed E-state index contributed by atoms with van der Waals surface area (Å²) in [6.45, 7) is 3.46. The van der Waals surface area contributed by atoms with Gasteiger partial charge in [0.25, 0.3) is 0 Å². The van der Waals surface area contributed by atoms with Crippen LogP contribution in [0.5, 0.6) is 0 Å². The lowest BCUT2D eigenvalue weighted by molar-refractivity contribution is 0.615. The Morgan fingerprint density at radius 1 is 1.36 bits per heavy atom. The molecule has 120 valence electrons. The fourth-order valence-electron chi connectivity index (χ4n) is 1.92. The van der Waals surface area contributed by atoms with Crippen LogP contribution in [0.3, 0.4) is 0 Å². The van der Waals surface area contributed by atoms with Crippen molar-refractivity contribution >= 4 is 29.9 Å². The number of aromatic nitrogens is 2. The third-order valence-electron chi connectivity index (χ3n) is 3.02. The van der Waals surface area contributed by atoms with Crippen molar-refractivity contribution in [2.75, 3.05) is 13.6 Å². The number of benzene rings is 1. The van der Waals surface area contributed by atoms with E-state index in [-0.39, 0.29) is 29.8 Å². The maximum atomic E-state index is 14.1. The predicted molar refractivity (Wildman–Crippen MR) is 97.4 cm³/mol. The Hall–Kier alpha value is -1.64. The number of imidazole rings is 1. The van der Waals surface area contributed by atoms with Crippen molar-refractivity contribution in [3.05, 3.63) is 48.3 Å². The van der Waals surface area contributed by atoms with Crippen molar-refractivity contribution in [1.82, 2.24) is 20.2 Å². The molecule has 1 aromatic carbocycles. The van der Waals surface area contributed by atoms with Gasteiger partial charge in [-0.2, -0.15) is 0 Å². The summed E-state index contributed by atoms with van der Waals surface area (Å²) in [7, 11) is 1.72. The average Bonchev–Trinajstić information content (AvgIpc) is 3.01. The van der Waals surface area contributed by atoms with Gasteiger partial charge in [0.05, 0.1) is 12.0 Å². The third kappa shape index (κ3) is 4.97. The second-order valence-electron chi connectivity index (χ2n) is 4.61. The monoisotopic (exact) mass is 417 g/mol. The maximum absolute atomic E-state index is 14.1. The first-order valence-electron chi connectivity index (χ1n) is 6.96. The molecule has 2 aromatic rings. The van der Waals surface area contributed by atoms with Crippen molar-refractivity contribution < 1.29 is 4.39 Å². The molecular formula is C15H21FIN5. The van der Waals surface area contributed by atoms with Crippen LogP contribution < -0.4 is 10.6 Å². The van der Waals surface area contributed by atoms with Gasteiger partial charge in [0.1, 0.15) is 5.82 Å². The Kier molecular flexibility index (Phi) is 7.86. The average molecular weight is 417 g/mol. The van der Waals surface area contributed by atoms with E-state index in [1.807, 2.05) is 6.07 Å². The van der Waals surface area contributed by atoms with Gasteiger partial charge in [-0.3, -0.25) is 4.99 Å². The molecule has 0 aliphatic heterocycles. The number of nitrogens with zero attached hydrogens (tertiary/aromatic N) is 3. The molecule has 2 rings (SSSR count). The molecule has 5 nitrogen and oxygen atoms in total. The normalized spacial score (nSPS) is 11.0. The van der Waals surface area contributed by atoms with Crippen LogP contribution >= 0.6 is 24.0 Å². The molecule has 0 unspecified atom stereocenters. The van der Waals surface area contributed by atoms with Crippen LogP contribution in [0.25, 0.3) is 5.69 Å². The van der Waals surface area contributed by atoms with Gasteiger partial charge in [0.2, 0.25) is 0 Å². The zero-order valence-corrected chi connectivity index (χ0v) is 15.0. The number of guanidine groups is 1. The number of hydrogen-bond donors (Lipinski definition) is 2. The van der Waals surface area contributed by atoms with Gasteiger partial charge < -0.3 is 15.2 Å². The molecule has 0 saturated carbocycles. The summed E-state index contributed by atoms with van der Waals surface area (Å²) < 4.78 is 15.7. The highest BCUT2D eigenvalue weighted by Gasteiger charge is 2.06. The molecule has 7 heteroatoms. The van der Waals surface area contributed by atoms with E-state index >= 15 is 0 Å². The highest BCUT2D eigenvalue weighted by atomic mass is 127. The number of aliphatic imine (C=N–C) groups is 1. The molecule has 0 fully saturated rings. The van der Waals surface area contributed by atoms with Crippen molar-refractivity contribution in [2.45, 2.75) is 19.9 Å². The fraction of sp³-hybridized carbons (Fsp3) is 0.333. The van der Waals surface area contributed by atoms with Crippen molar-refractivity contribution in [2.24, 2.45) is 4.99 Å². The summed E-state index contributed by atoms with van der Waals surface area (Å²) >= 11 is 0. The van der Waals surface area contributed by atoms with Gasteiger partial charge in [-0.1, -0.05) is 13.0 Å². The first kappa shape index (κ1) is 18.4. The number of nitrogens with one attached hydrogen (secondary N) is 2. The maximum Gasteiger partial charge on any atom is 0.191 e. The lowest BCUT2D eigenvalue weighted by Gasteiger charge is -2.12. The molecule has 0 spiro atoms. The SMILES string of the molecule is CCCNC(=NC)NCc1ccc(-n2ccnc2)c(F)c1.I. The Balaban J connectivity index is 0.00000242. The largest absolute Gasteiger partial charge is 0.356 e. The van der Waals surface area contributed by atoms with E-state index in [1.54, 1.807) is 36.4 Å². The second-order valence-corrected chi connectivity index (χ2v) is 4.61. The van der Waals surface area contributed by atoms with Gasteiger partial charge in [0, 0.05) is 32.5 Å². The van der Waals surface area contributed by atoms with Crippen LogP contribution in [0.1, 0.15) is 18.9 Å². The van der Waals surface area contributed by atoms with E-state index in [9.17, 15) is 4.39 Å². The van der Waals surface area contributed by atoms with E-state index in [2.05, 4.69) is 27.5 Å². The van der Waals surface area contributed by atoms with E-state index < -0.39 is 0 Å².